The highest BCUT2D eigenvalue weighted by molar-refractivity contribution is 6.20. The molecule has 0 unspecified atom stereocenters. The Morgan fingerprint density at radius 2 is 1.92 bits per heavy atom. The first-order valence-corrected chi connectivity index (χ1v) is 4.20. The maximum Gasteiger partial charge on any atom is 0.251 e. The number of rotatable bonds is 5. The standard InChI is InChI=1S/C9H16N2O2/c1-4-5(2)7(10)8(12)6(3)9(11)13/h5,7H,3-4,10H2,1-2H3,(H2,11,13)/t5-,7-/m0/s1. The number of ketones is 1. The predicted octanol–water partition coefficient (Wildman–Crippen LogP) is -0.0296. The Labute approximate surface area is 78.0 Å². The van der Waals surface area contributed by atoms with Crippen LogP contribution in [0.4, 0.5) is 0 Å². The predicted molar refractivity (Wildman–Crippen MR) is 50.8 cm³/mol. The second kappa shape index (κ2) is 4.77. The molecular weight excluding hydrogens is 168 g/mol. The molecule has 0 radical (unpaired) electrons. The van der Waals surface area contributed by atoms with Gasteiger partial charge in [0.25, 0.3) is 5.91 Å². The van der Waals surface area contributed by atoms with Gasteiger partial charge in [0.2, 0.25) is 0 Å². The summed E-state index contributed by atoms with van der Waals surface area (Å²) in [5.41, 5.74) is 10.3. The summed E-state index contributed by atoms with van der Waals surface area (Å²) in [5, 5.41) is 0. The van der Waals surface area contributed by atoms with Gasteiger partial charge in [-0.25, -0.2) is 0 Å². The lowest BCUT2D eigenvalue weighted by Gasteiger charge is -2.16. The number of carbonyl (C=O) groups is 2. The summed E-state index contributed by atoms with van der Waals surface area (Å²) in [6.07, 6.45) is 0.777. The number of hydrogen-bond donors (Lipinski definition) is 2. The summed E-state index contributed by atoms with van der Waals surface area (Å²) in [5.74, 6) is -1.23. The van der Waals surface area contributed by atoms with Crippen molar-refractivity contribution in [3.63, 3.8) is 0 Å². The van der Waals surface area contributed by atoms with Crippen LogP contribution < -0.4 is 11.5 Å². The number of Topliss-reactive ketones (excluding diaryl/α,β-unsaturated/α-hetero) is 1. The van der Waals surface area contributed by atoms with E-state index in [1.54, 1.807) is 0 Å². The van der Waals surface area contributed by atoms with Gasteiger partial charge >= 0.3 is 0 Å². The average Bonchev–Trinajstić information content (AvgIpc) is 2.12. The van der Waals surface area contributed by atoms with Gasteiger partial charge < -0.3 is 11.5 Å². The van der Waals surface area contributed by atoms with Crippen molar-refractivity contribution in [2.75, 3.05) is 0 Å². The maximum absolute atomic E-state index is 11.4. The molecule has 0 spiro atoms. The highest BCUT2D eigenvalue weighted by Gasteiger charge is 2.23. The van der Waals surface area contributed by atoms with E-state index in [2.05, 4.69) is 6.58 Å². The molecule has 4 N–H and O–H groups in total. The molecule has 0 heterocycles. The van der Waals surface area contributed by atoms with Crippen LogP contribution in [-0.2, 0) is 9.59 Å². The fourth-order valence-corrected chi connectivity index (χ4v) is 0.835. The largest absolute Gasteiger partial charge is 0.366 e. The second-order valence-corrected chi connectivity index (χ2v) is 3.12. The zero-order valence-corrected chi connectivity index (χ0v) is 8.04. The normalized spacial score (nSPS) is 14.7. The summed E-state index contributed by atoms with van der Waals surface area (Å²) in [6, 6.07) is -0.676. The molecule has 0 saturated carbocycles. The summed E-state index contributed by atoms with van der Waals surface area (Å²) >= 11 is 0. The van der Waals surface area contributed by atoms with E-state index in [1.807, 2.05) is 13.8 Å². The van der Waals surface area contributed by atoms with Gasteiger partial charge in [0.05, 0.1) is 11.6 Å². The number of carbonyl (C=O) groups excluding carboxylic acids is 2. The molecule has 0 rings (SSSR count). The van der Waals surface area contributed by atoms with Crippen molar-refractivity contribution in [2.24, 2.45) is 17.4 Å². The van der Waals surface area contributed by atoms with Crippen LogP contribution in [0.25, 0.3) is 0 Å². The molecule has 0 fully saturated rings. The molecule has 0 saturated heterocycles. The van der Waals surface area contributed by atoms with Crippen molar-refractivity contribution in [3.8, 4) is 0 Å². The van der Waals surface area contributed by atoms with E-state index in [0.717, 1.165) is 6.42 Å². The topological polar surface area (TPSA) is 86.2 Å². The van der Waals surface area contributed by atoms with Gasteiger partial charge in [0.1, 0.15) is 0 Å². The average molecular weight is 184 g/mol. The van der Waals surface area contributed by atoms with E-state index < -0.39 is 17.7 Å². The molecule has 13 heavy (non-hydrogen) atoms. The van der Waals surface area contributed by atoms with Crippen LogP contribution in [-0.4, -0.2) is 17.7 Å². The van der Waals surface area contributed by atoms with Crippen molar-refractivity contribution in [2.45, 2.75) is 26.3 Å². The summed E-state index contributed by atoms with van der Waals surface area (Å²) in [6.45, 7) is 7.05. The lowest BCUT2D eigenvalue weighted by molar-refractivity contribution is -0.122. The Morgan fingerprint density at radius 1 is 1.46 bits per heavy atom. The molecule has 2 atom stereocenters. The molecular formula is C9H16N2O2. The van der Waals surface area contributed by atoms with Crippen LogP contribution in [0.15, 0.2) is 12.2 Å². The minimum atomic E-state index is -0.802. The Morgan fingerprint density at radius 3 is 2.23 bits per heavy atom. The van der Waals surface area contributed by atoms with Gasteiger partial charge in [-0.1, -0.05) is 26.8 Å². The zero-order valence-electron chi connectivity index (χ0n) is 8.04. The SMILES string of the molecule is C=C(C(N)=O)C(=O)[C@@H](N)[C@@H](C)CC. The van der Waals surface area contributed by atoms with Crippen molar-refractivity contribution >= 4 is 11.7 Å². The van der Waals surface area contributed by atoms with E-state index in [9.17, 15) is 9.59 Å². The first kappa shape index (κ1) is 11.8. The molecule has 74 valence electrons. The third-order valence-electron chi connectivity index (χ3n) is 2.15. The molecule has 4 nitrogen and oxygen atoms in total. The van der Waals surface area contributed by atoms with E-state index in [4.69, 9.17) is 11.5 Å². The van der Waals surface area contributed by atoms with E-state index in [-0.39, 0.29) is 11.5 Å². The molecule has 0 aliphatic heterocycles. The van der Waals surface area contributed by atoms with Gasteiger partial charge in [-0.3, -0.25) is 9.59 Å². The third kappa shape index (κ3) is 2.99. The van der Waals surface area contributed by atoms with Crippen LogP contribution in [0.2, 0.25) is 0 Å². The van der Waals surface area contributed by atoms with Crippen molar-refractivity contribution in [3.05, 3.63) is 12.2 Å². The van der Waals surface area contributed by atoms with Crippen molar-refractivity contribution in [1.29, 1.82) is 0 Å². The summed E-state index contributed by atoms with van der Waals surface area (Å²) < 4.78 is 0. The fourth-order valence-electron chi connectivity index (χ4n) is 0.835. The molecule has 0 aliphatic carbocycles. The molecule has 0 aliphatic rings. The zero-order chi connectivity index (χ0) is 10.6. The Bertz CT molecular complexity index is 236. The lowest BCUT2D eigenvalue weighted by atomic mass is 9.93. The minimum Gasteiger partial charge on any atom is -0.366 e. The van der Waals surface area contributed by atoms with Crippen LogP contribution in [0.5, 0.6) is 0 Å². The molecule has 4 heteroatoms. The number of hydrogen-bond acceptors (Lipinski definition) is 3. The molecule has 1 amide bonds. The highest BCUT2D eigenvalue weighted by Crippen LogP contribution is 2.09. The first-order chi connectivity index (χ1) is 5.91. The number of primary amides is 1. The van der Waals surface area contributed by atoms with Gasteiger partial charge in [-0.15, -0.1) is 0 Å². The van der Waals surface area contributed by atoms with E-state index in [1.165, 1.54) is 0 Å². The minimum absolute atomic E-state index is 0.0311. The fraction of sp³-hybridized carbons (Fsp3) is 0.556. The molecule has 0 bridgehead atoms. The third-order valence-corrected chi connectivity index (χ3v) is 2.15. The Hall–Kier alpha value is -1.16. The molecule has 0 aromatic carbocycles. The smallest absolute Gasteiger partial charge is 0.251 e. The number of amides is 1. The van der Waals surface area contributed by atoms with Crippen LogP contribution >= 0.6 is 0 Å². The summed E-state index contributed by atoms with van der Waals surface area (Å²) in [7, 11) is 0. The maximum atomic E-state index is 11.4. The molecule has 0 aromatic rings. The van der Waals surface area contributed by atoms with Gasteiger partial charge in [-0.2, -0.15) is 0 Å². The second-order valence-electron chi connectivity index (χ2n) is 3.12. The van der Waals surface area contributed by atoms with Crippen LogP contribution in [0.1, 0.15) is 20.3 Å². The Balaban J connectivity index is 4.43. The van der Waals surface area contributed by atoms with Gasteiger partial charge in [0, 0.05) is 0 Å². The quantitative estimate of drug-likeness (QED) is 0.357. The lowest BCUT2D eigenvalue weighted by Crippen LogP contribution is -2.40. The van der Waals surface area contributed by atoms with Crippen molar-refractivity contribution < 1.29 is 9.59 Å². The monoisotopic (exact) mass is 184 g/mol. The van der Waals surface area contributed by atoms with Gasteiger partial charge in [0.15, 0.2) is 5.78 Å². The van der Waals surface area contributed by atoms with E-state index >= 15 is 0 Å². The Kier molecular flexibility index (Phi) is 4.34. The van der Waals surface area contributed by atoms with Gasteiger partial charge in [-0.05, 0) is 5.92 Å². The highest BCUT2D eigenvalue weighted by atomic mass is 16.2. The van der Waals surface area contributed by atoms with Crippen LogP contribution in [0.3, 0.4) is 0 Å². The van der Waals surface area contributed by atoms with Crippen molar-refractivity contribution in [1.82, 2.24) is 0 Å². The van der Waals surface area contributed by atoms with E-state index in [0.29, 0.717) is 0 Å². The van der Waals surface area contributed by atoms with Crippen LogP contribution in [0, 0.1) is 5.92 Å². The first-order valence-electron chi connectivity index (χ1n) is 4.20. The summed E-state index contributed by atoms with van der Waals surface area (Å²) in [4.78, 5) is 22.0. The molecule has 0 aromatic heterocycles. The number of nitrogens with two attached hydrogens (primary N) is 2.